The Bertz CT molecular complexity index is 481. The van der Waals surface area contributed by atoms with Crippen molar-refractivity contribution in [3.63, 3.8) is 0 Å². The van der Waals surface area contributed by atoms with Gasteiger partial charge in [-0.1, -0.05) is 32.9 Å². The number of carbonyl (C=O) groups excluding carboxylic acids is 2. The molecule has 1 heterocycles. The second kappa shape index (κ2) is 7.87. The van der Waals surface area contributed by atoms with Gasteiger partial charge in [-0.05, 0) is 0 Å². The minimum atomic E-state index is -0.465. The fraction of sp³-hybridized carbons (Fsp3) is 0.714. The van der Waals surface area contributed by atoms with E-state index < -0.39 is 11.9 Å². The smallest absolute Gasteiger partial charge is 0.234 e. The average molecular weight is 295 g/mol. The van der Waals surface area contributed by atoms with Gasteiger partial charge in [0.05, 0.1) is 11.7 Å². The van der Waals surface area contributed by atoms with Crippen molar-refractivity contribution in [3.8, 4) is 0 Å². The van der Waals surface area contributed by atoms with Gasteiger partial charge in [0.15, 0.2) is 0 Å². The van der Waals surface area contributed by atoms with Crippen LogP contribution in [0.1, 0.15) is 39.8 Å². The van der Waals surface area contributed by atoms with Crippen molar-refractivity contribution >= 4 is 11.7 Å². The maximum absolute atomic E-state index is 11.6. The van der Waals surface area contributed by atoms with Crippen molar-refractivity contribution in [1.82, 2.24) is 20.3 Å². The summed E-state index contributed by atoms with van der Waals surface area (Å²) in [7, 11) is 0. The average Bonchev–Trinajstić information content (AvgIpc) is 2.82. The van der Waals surface area contributed by atoms with E-state index in [9.17, 15) is 9.59 Å². The molecule has 21 heavy (non-hydrogen) atoms. The number of hydrogen-bond donors (Lipinski definition) is 2. The quantitative estimate of drug-likeness (QED) is 0.681. The number of nitrogens with one attached hydrogen (secondary N) is 1. The zero-order valence-corrected chi connectivity index (χ0v) is 13.2. The molecule has 0 spiro atoms. The van der Waals surface area contributed by atoms with Crippen LogP contribution in [0.25, 0.3) is 0 Å². The zero-order chi connectivity index (χ0) is 16.0. The Morgan fingerprint density at radius 1 is 1.33 bits per heavy atom. The minimum absolute atomic E-state index is 0.0301. The summed E-state index contributed by atoms with van der Waals surface area (Å²) >= 11 is 0. The second-order valence-corrected chi connectivity index (χ2v) is 5.82. The van der Waals surface area contributed by atoms with Crippen molar-refractivity contribution in [1.29, 1.82) is 0 Å². The number of ketones is 1. The van der Waals surface area contributed by atoms with E-state index in [4.69, 9.17) is 5.73 Å². The molecule has 0 aliphatic rings. The first-order valence-corrected chi connectivity index (χ1v) is 7.26. The molecule has 1 rings (SSSR count). The summed E-state index contributed by atoms with van der Waals surface area (Å²) in [5.41, 5.74) is 6.05. The first-order chi connectivity index (χ1) is 9.79. The molecular weight excluding hydrogens is 270 g/mol. The minimum Gasteiger partial charge on any atom is -0.368 e. The molecule has 0 aliphatic carbocycles. The number of carbonyl (C=O) groups is 2. The van der Waals surface area contributed by atoms with Crippen LogP contribution in [0.4, 0.5) is 0 Å². The SMILES string of the molecule is CC(C)NC(Cc1cn(CCC(=O)C(C)C)nn1)C(N)=O. The summed E-state index contributed by atoms with van der Waals surface area (Å²) in [6, 6.07) is -0.311. The van der Waals surface area contributed by atoms with Crippen LogP contribution in [0.3, 0.4) is 0 Å². The highest BCUT2D eigenvalue weighted by atomic mass is 16.1. The number of hydrogen-bond acceptors (Lipinski definition) is 5. The molecule has 1 unspecified atom stereocenters. The first-order valence-electron chi connectivity index (χ1n) is 7.26. The third-order valence-electron chi connectivity index (χ3n) is 3.11. The number of aryl methyl sites for hydroxylation is 1. The Kier molecular flexibility index (Phi) is 6.48. The highest BCUT2D eigenvalue weighted by Crippen LogP contribution is 2.03. The van der Waals surface area contributed by atoms with Crippen molar-refractivity contribution < 1.29 is 9.59 Å². The summed E-state index contributed by atoms with van der Waals surface area (Å²) in [5, 5.41) is 11.1. The molecule has 0 aromatic carbocycles. The summed E-state index contributed by atoms with van der Waals surface area (Å²) in [5.74, 6) is -0.181. The molecule has 1 amide bonds. The molecule has 7 heteroatoms. The highest BCUT2D eigenvalue weighted by Gasteiger charge is 2.18. The summed E-state index contributed by atoms with van der Waals surface area (Å²) in [6.07, 6.45) is 2.58. The fourth-order valence-corrected chi connectivity index (χ4v) is 1.91. The van der Waals surface area contributed by atoms with Crippen LogP contribution in [-0.2, 0) is 22.6 Å². The molecule has 0 bridgehead atoms. The molecule has 1 aromatic rings. The van der Waals surface area contributed by atoms with E-state index in [0.717, 1.165) is 0 Å². The molecule has 0 fully saturated rings. The van der Waals surface area contributed by atoms with Crippen molar-refractivity contribution in [2.24, 2.45) is 11.7 Å². The number of Topliss-reactive ketones (excluding diaryl/α,β-unsaturated/α-hetero) is 1. The topological polar surface area (TPSA) is 103 Å². The lowest BCUT2D eigenvalue weighted by Gasteiger charge is -2.16. The Morgan fingerprint density at radius 2 is 2.00 bits per heavy atom. The standard InChI is InChI=1S/C14H25N5O2/c1-9(2)13(20)5-6-19-8-11(17-18-19)7-12(14(15)21)16-10(3)4/h8-10,12,16H,5-7H2,1-4H3,(H2,15,21). The molecule has 1 atom stereocenters. The van der Waals surface area contributed by atoms with Gasteiger partial charge < -0.3 is 11.1 Å². The van der Waals surface area contributed by atoms with Crippen LogP contribution in [0, 0.1) is 5.92 Å². The van der Waals surface area contributed by atoms with E-state index in [-0.39, 0.29) is 17.7 Å². The van der Waals surface area contributed by atoms with Gasteiger partial charge in [-0.15, -0.1) is 5.10 Å². The van der Waals surface area contributed by atoms with Gasteiger partial charge in [0.2, 0.25) is 5.91 Å². The molecular formula is C14H25N5O2. The molecule has 0 aliphatic heterocycles. The van der Waals surface area contributed by atoms with Gasteiger partial charge in [-0.3, -0.25) is 14.3 Å². The van der Waals surface area contributed by atoms with Crippen molar-refractivity contribution in [2.45, 2.75) is 59.2 Å². The van der Waals surface area contributed by atoms with Gasteiger partial charge in [-0.25, -0.2) is 0 Å². The molecule has 1 aromatic heterocycles. The van der Waals surface area contributed by atoms with E-state index in [2.05, 4.69) is 15.6 Å². The predicted molar refractivity (Wildman–Crippen MR) is 79.4 cm³/mol. The summed E-state index contributed by atoms with van der Waals surface area (Å²) in [4.78, 5) is 23.0. The molecule has 0 radical (unpaired) electrons. The van der Waals surface area contributed by atoms with E-state index in [0.29, 0.717) is 25.1 Å². The van der Waals surface area contributed by atoms with Gasteiger partial charge in [0.1, 0.15) is 5.78 Å². The monoisotopic (exact) mass is 295 g/mol. The zero-order valence-electron chi connectivity index (χ0n) is 13.2. The second-order valence-electron chi connectivity index (χ2n) is 5.82. The van der Waals surface area contributed by atoms with Crippen LogP contribution in [0.5, 0.6) is 0 Å². The van der Waals surface area contributed by atoms with Crippen LogP contribution < -0.4 is 11.1 Å². The Hall–Kier alpha value is -1.76. The van der Waals surface area contributed by atoms with Crippen LogP contribution in [0.2, 0.25) is 0 Å². The molecule has 0 saturated heterocycles. The van der Waals surface area contributed by atoms with Gasteiger partial charge >= 0.3 is 0 Å². The van der Waals surface area contributed by atoms with Gasteiger partial charge in [-0.2, -0.15) is 0 Å². The lowest BCUT2D eigenvalue weighted by molar-refractivity contribution is -0.122. The maximum atomic E-state index is 11.6. The first kappa shape index (κ1) is 17.3. The summed E-state index contributed by atoms with van der Waals surface area (Å²) in [6.45, 7) is 8.16. The van der Waals surface area contributed by atoms with Crippen LogP contribution in [0.15, 0.2) is 6.20 Å². The molecule has 7 nitrogen and oxygen atoms in total. The lowest BCUT2D eigenvalue weighted by atomic mass is 10.1. The number of nitrogens with zero attached hydrogens (tertiary/aromatic N) is 3. The van der Waals surface area contributed by atoms with Crippen LogP contribution >= 0.6 is 0 Å². The number of nitrogens with two attached hydrogens (primary N) is 1. The number of aromatic nitrogens is 3. The Morgan fingerprint density at radius 3 is 2.52 bits per heavy atom. The molecule has 118 valence electrons. The third kappa shape index (κ3) is 6.03. The lowest BCUT2D eigenvalue weighted by Crippen LogP contribution is -2.46. The number of amides is 1. The van der Waals surface area contributed by atoms with E-state index in [1.165, 1.54) is 0 Å². The normalized spacial score (nSPS) is 12.9. The van der Waals surface area contributed by atoms with Gasteiger partial charge in [0, 0.05) is 37.5 Å². The van der Waals surface area contributed by atoms with Crippen molar-refractivity contribution in [3.05, 3.63) is 11.9 Å². The van der Waals surface area contributed by atoms with Crippen LogP contribution in [-0.4, -0.2) is 38.8 Å². The molecule has 3 N–H and O–H groups in total. The van der Waals surface area contributed by atoms with E-state index >= 15 is 0 Å². The summed E-state index contributed by atoms with van der Waals surface area (Å²) < 4.78 is 1.63. The Labute approximate surface area is 125 Å². The largest absolute Gasteiger partial charge is 0.368 e. The predicted octanol–water partition coefficient (Wildman–Crippen LogP) is 0.288. The Balaban J connectivity index is 2.57. The number of primary amides is 1. The highest BCUT2D eigenvalue weighted by molar-refractivity contribution is 5.80. The maximum Gasteiger partial charge on any atom is 0.234 e. The number of rotatable bonds is 9. The van der Waals surface area contributed by atoms with Crippen molar-refractivity contribution in [2.75, 3.05) is 0 Å². The molecule has 0 saturated carbocycles. The third-order valence-corrected chi connectivity index (χ3v) is 3.11. The van der Waals surface area contributed by atoms with E-state index in [1.54, 1.807) is 10.9 Å². The fourth-order valence-electron chi connectivity index (χ4n) is 1.91. The van der Waals surface area contributed by atoms with Gasteiger partial charge in [0.25, 0.3) is 0 Å². The van der Waals surface area contributed by atoms with E-state index in [1.807, 2.05) is 27.7 Å².